The van der Waals surface area contributed by atoms with Gasteiger partial charge in [-0.15, -0.1) is 11.3 Å². The Morgan fingerprint density at radius 1 is 1.33 bits per heavy atom. The van der Waals surface area contributed by atoms with Crippen molar-refractivity contribution >= 4 is 17.0 Å². The third kappa shape index (κ3) is 5.32. The number of likely N-dealkylation sites (N-methyl/N-ethyl adjacent to an activating group) is 1. The van der Waals surface area contributed by atoms with Crippen LogP contribution >= 0.6 is 11.3 Å². The third-order valence-corrected chi connectivity index (χ3v) is 4.53. The van der Waals surface area contributed by atoms with Crippen molar-refractivity contribution in [1.29, 1.82) is 0 Å². The number of hydrogen-bond acceptors (Lipinski definition) is 5. The summed E-state index contributed by atoms with van der Waals surface area (Å²) in [4.78, 5) is 1.97. The number of allylic oxidation sites excluding steroid dienone is 1. The maximum absolute atomic E-state index is 12.8. The molecule has 24 heavy (non-hydrogen) atoms. The van der Waals surface area contributed by atoms with Crippen molar-refractivity contribution in [3.63, 3.8) is 0 Å². The maximum Gasteiger partial charge on any atom is 0.413 e. The monoisotopic (exact) mass is 361 g/mol. The van der Waals surface area contributed by atoms with Crippen molar-refractivity contribution < 1.29 is 17.9 Å². The molecule has 1 aromatic rings. The number of nitrogens with zero attached hydrogens (tertiary/aromatic N) is 2. The molecule has 8 heteroatoms. The van der Waals surface area contributed by atoms with Gasteiger partial charge in [-0.25, -0.2) is 0 Å². The van der Waals surface area contributed by atoms with Crippen LogP contribution in [0.3, 0.4) is 0 Å². The van der Waals surface area contributed by atoms with Gasteiger partial charge in [-0.3, -0.25) is 5.01 Å². The number of nitrogens with one attached hydrogen (secondary N) is 1. The van der Waals surface area contributed by atoms with Crippen LogP contribution in [0.4, 0.5) is 13.2 Å². The second-order valence-electron chi connectivity index (χ2n) is 5.46. The minimum absolute atomic E-state index is 0.556. The molecule has 0 amide bonds. The van der Waals surface area contributed by atoms with Gasteiger partial charge < -0.3 is 10.1 Å². The molecule has 1 aliphatic heterocycles. The quantitative estimate of drug-likeness (QED) is 0.721. The van der Waals surface area contributed by atoms with Crippen molar-refractivity contribution in [2.24, 2.45) is 5.10 Å². The molecule has 4 nitrogen and oxygen atoms in total. The molecular weight excluding hydrogens is 339 g/mol. The number of hydrazone groups is 1. The molecule has 134 valence electrons. The van der Waals surface area contributed by atoms with E-state index in [2.05, 4.69) is 17.3 Å². The zero-order chi connectivity index (χ0) is 17.6. The van der Waals surface area contributed by atoms with Gasteiger partial charge in [-0.2, -0.15) is 18.3 Å². The Hall–Kier alpha value is -1.38. The maximum atomic E-state index is 12.8. The number of hydrogen-bond donors (Lipinski definition) is 1. The van der Waals surface area contributed by atoms with Gasteiger partial charge in [0.25, 0.3) is 0 Å². The van der Waals surface area contributed by atoms with Crippen LogP contribution in [0.1, 0.15) is 23.1 Å². The van der Waals surface area contributed by atoms with Crippen LogP contribution in [0.5, 0.6) is 0 Å². The average molecular weight is 361 g/mol. The molecule has 1 aliphatic rings. The van der Waals surface area contributed by atoms with Crippen LogP contribution in [0.2, 0.25) is 0 Å². The van der Waals surface area contributed by atoms with Gasteiger partial charge in [0, 0.05) is 31.6 Å². The summed E-state index contributed by atoms with van der Waals surface area (Å²) in [6.45, 7) is 4.98. The molecule has 0 fully saturated rings. The molecule has 2 heterocycles. The van der Waals surface area contributed by atoms with E-state index in [1.54, 1.807) is 0 Å². The van der Waals surface area contributed by atoms with E-state index in [4.69, 9.17) is 4.74 Å². The normalized spacial score (nSPS) is 18.1. The molecule has 0 bridgehead atoms. The lowest BCUT2D eigenvalue weighted by molar-refractivity contribution is -0.167. The van der Waals surface area contributed by atoms with Crippen molar-refractivity contribution in [2.45, 2.75) is 32.1 Å². The molecule has 0 saturated heterocycles. The number of halogens is 3. The van der Waals surface area contributed by atoms with E-state index >= 15 is 0 Å². The summed E-state index contributed by atoms with van der Waals surface area (Å²) in [6.07, 6.45) is -0.719. The fraction of sp³-hybridized carbons (Fsp3) is 0.562. The SMILES string of the molecule is CCCOCCNCc1ccc(C2=NN(C)C(C(F)(F)F)C=C2)s1. The van der Waals surface area contributed by atoms with Gasteiger partial charge in [0.2, 0.25) is 0 Å². The first-order valence-electron chi connectivity index (χ1n) is 7.85. The zero-order valence-electron chi connectivity index (χ0n) is 13.8. The Morgan fingerprint density at radius 2 is 2.12 bits per heavy atom. The molecule has 1 unspecified atom stereocenters. The second kappa shape index (κ2) is 8.64. The molecule has 1 aromatic heterocycles. The fourth-order valence-electron chi connectivity index (χ4n) is 2.24. The number of ether oxygens (including phenoxy) is 1. The summed E-state index contributed by atoms with van der Waals surface area (Å²) in [5, 5.41) is 8.29. The van der Waals surface area contributed by atoms with Gasteiger partial charge in [-0.1, -0.05) is 6.92 Å². The largest absolute Gasteiger partial charge is 0.413 e. The predicted molar refractivity (Wildman–Crippen MR) is 90.4 cm³/mol. The Balaban J connectivity index is 1.86. The molecule has 0 saturated carbocycles. The van der Waals surface area contributed by atoms with Gasteiger partial charge in [0.1, 0.15) is 5.71 Å². The molecule has 1 N–H and O–H groups in total. The minimum atomic E-state index is -4.31. The Kier molecular flexibility index (Phi) is 6.82. The van der Waals surface area contributed by atoms with Gasteiger partial charge in [-0.05, 0) is 30.7 Å². The van der Waals surface area contributed by atoms with E-state index in [-0.39, 0.29) is 0 Å². The van der Waals surface area contributed by atoms with E-state index in [1.807, 2.05) is 12.1 Å². The van der Waals surface area contributed by atoms with Gasteiger partial charge >= 0.3 is 6.18 Å². The molecule has 2 rings (SSSR count). The summed E-state index contributed by atoms with van der Waals surface area (Å²) in [7, 11) is 1.34. The summed E-state index contributed by atoms with van der Waals surface area (Å²) in [6, 6.07) is 2.19. The van der Waals surface area contributed by atoms with Crippen LogP contribution in [0.15, 0.2) is 29.4 Å². The van der Waals surface area contributed by atoms with Crippen molar-refractivity contribution in [2.75, 3.05) is 26.8 Å². The molecule has 0 aromatic carbocycles. The highest BCUT2D eigenvalue weighted by Crippen LogP contribution is 2.28. The van der Waals surface area contributed by atoms with Crippen LogP contribution in [-0.2, 0) is 11.3 Å². The number of rotatable bonds is 8. The number of alkyl halides is 3. The highest BCUT2D eigenvalue weighted by Gasteiger charge is 2.42. The van der Waals surface area contributed by atoms with E-state index in [0.29, 0.717) is 18.9 Å². The molecule has 0 radical (unpaired) electrons. The van der Waals surface area contributed by atoms with E-state index in [1.165, 1.54) is 24.5 Å². The first-order chi connectivity index (χ1) is 11.4. The van der Waals surface area contributed by atoms with Crippen molar-refractivity contribution in [3.05, 3.63) is 34.0 Å². The van der Waals surface area contributed by atoms with Crippen LogP contribution in [-0.4, -0.2) is 49.7 Å². The number of thiophene rings is 1. The molecule has 0 aliphatic carbocycles. The smallest absolute Gasteiger partial charge is 0.380 e. The highest BCUT2D eigenvalue weighted by atomic mass is 32.1. The lowest BCUT2D eigenvalue weighted by atomic mass is 10.2. The van der Waals surface area contributed by atoms with Crippen LogP contribution in [0.25, 0.3) is 0 Å². The van der Waals surface area contributed by atoms with Crippen molar-refractivity contribution in [1.82, 2.24) is 10.3 Å². The first-order valence-corrected chi connectivity index (χ1v) is 8.67. The highest BCUT2D eigenvalue weighted by molar-refractivity contribution is 7.14. The third-order valence-electron chi connectivity index (χ3n) is 3.42. The summed E-state index contributed by atoms with van der Waals surface area (Å²) < 4.78 is 43.8. The Morgan fingerprint density at radius 3 is 2.79 bits per heavy atom. The lowest BCUT2D eigenvalue weighted by Crippen LogP contribution is -2.41. The standard InChI is InChI=1S/C16H22F3N3OS/c1-3-9-23-10-8-20-11-12-4-6-14(24-12)13-5-7-15(16(17,18)19)22(2)21-13/h4-7,15,20H,3,8-11H2,1-2H3. The first kappa shape index (κ1) is 19.0. The average Bonchev–Trinajstić information content (AvgIpc) is 2.98. The van der Waals surface area contributed by atoms with Crippen LogP contribution in [0, 0.1) is 0 Å². The minimum Gasteiger partial charge on any atom is -0.380 e. The molecule has 0 spiro atoms. The van der Waals surface area contributed by atoms with Crippen LogP contribution < -0.4 is 5.32 Å². The Bertz CT molecular complexity index is 583. The molecular formula is C16H22F3N3OS. The topological polar surface area (TPSA) is 36.9 Å². The van der Waals surface area contributed by atoms with E-state index < -0.39 is 12.2 Å². The fourth-order valence-corrected chi connectivity index (χ4v) is 3.18. The zero-order valence-corrected chi connectivity index (χ0v) is 14.6. The van der Waals surface area contributed by atoms with E-state index in [9.17, 15) is 13.2 Å². The van der Waals surface area contributed by atoms with Crippen molar-refractivity contribution in [3.8, 4) is 0 Å². The predicted octanol–water partition coefficient (Wildman–Crippen LogP) is 3.40. The summed E-state index contributed by atoms with van der Waals surface area (Å²) in [5.74, 6) is 0. The molecule has 1 atom stereocenters. The summed E-state index contributed by atoms with van der Waals surface area (Å²) >= 11 is 1.53. The van der Waals surface area contributed by atoms with Gasteiger partial charge in [0.15, 0.2) is 6.04 Å². The Labute approximate surface area is 144 Å². The lowest BCUT2D eigenvalue weighted by Gasteiger charge is -2.28. The van der Waals surface area contributed by atoms with E-state index in [0.717, 1.165) is 40.4 Å². The van der Waals surface area contributed by atoms with Gasteiger partial charge in [0.05, 0.1) is 11.5 Å². The summed E-state index contributed by atoms with van der Waals surface area (Å²) in [5.41, 5.74) is 0.556. The second-order valence-corrected chi connectivity index (χ2v) is 6.63.